The molecule has 3 aliphatic heterocycles. The lowest BCUT2D eigenvalue weighted by atomic mass is 9.79. The zero-order valence-electron chi connectivity index (χ0n) is 21.0. The third-order valence-corrected chi connectivity index (χ3v) is 7.15. The highest BCUT2D eigenvalue weighted by atomic mass is 16.5. The predicted octanol–water partition coefficient (Wildman–Crippen LogP) is 2.34. The number of para-hydroxylation sites is 1. The Kier molecular flexibility index (Phi) is 7.69. The first kappa shape index (κ1) is 25.2. The summed E-state index contributed by atoms with van der Waals surface area (Å²) in [4.78, 5) is 28.9. The van der Waals surface area contributed by atoms with Crippen LogP contribution in [0.5, 0.6) is 0 Å². The lowest BCUT2D eigenvalue weighted by Crippen LogP contribution is -2.49. The lowest BCUT2D eigenvalue weighted by molar-refractivity contribution is -0.138. The molecule has 2 N–H and O–H groups in total. The SMILES string of the molecule is COC(=O)C1=C(C(=O)NCCN2CCOCC2)C2C=CC1(C(Cc1ccccc1)Nc1ccccc1)O2. The molecule has 37 heavy (non-hydrogen) atoms. The molecule has 194 valence electrons. The fraction of sp³-hybridized carbons (Fsp3) is 0.379. The van der Waals surface area contributed by atoms with Gasteiger partial charge in [-0.2, -0.15) is 0 Å². The molecule has 1 fully saturated rings. The number of rotatable bonds is 10. The van der Waals surface area contributed by atoms with Crippen LogP contribution in [0.25, 0.3) is 0 Å². The fourth-order valence-electron chi connectivity index (χ4n) is 5.30. The highest BCUT2D eigenvalue weighted by Gasteiger charge is 2.58. The quantitative estimate of drug-likeness (QED) is 0.380. The third kappa shape index (κ3) is 5.32. The molecule has 5 rings (SSSR count). The molecule has 0 aliphatic carbocycles. The van der Waals surface area contributed by atoms with Crippen LogP contribution >= 0.6 is 0 Å². The van der Waals surface area contributed by atoms with E-state index in [2.05, 4.69) is 15.5 Å². The number of amides is 1. The highest BCUT2D eigenvalue weighted by molar-refractivity contribution is 6.07. The van der Waals surface area contributed by atoms with E-state index in [1.54, 1.807) is 0 Å². The van der Waals surface area contributed by atoms with Crippen molar-refractivity contribution in [2.75, 3.05) is 51.8 Å². The minimum atomic E-state index is -1.15. The van der Waals surface area contributed by atoms with Crippen molar-refractivity contribution in [3.05, 3.63) is 89.5 Å². The summed E-state index contributed by atoms with van der Waals surface area (Å²) in [6, 6.07) is 19.5. The number of carbonyl (C=O) groups is 2. The number of morpholine rings is 1. The van der Waals surface area contributed by atoms with Crippen molar-refractivity contribution >= 4 is 17.6 Å². The van der Waals surface area contributed by atoms with Crippen molar-refractivity contribution in [3.8, 4) is 0 Å². The maximum Gasteiger partial charge on any atom is 0.337 e. The van der Waals surface area contributed by atoms with Gasteiger partial charge in [-0.1, -0.05) is 54.6 Å². The summed E-state index contributed by atoms with van der Waals surface area (Å²) in [6.45, 7) is 4.27. The smallest absolute Gasteiger partial charge is 0.337 e. The average molecular weight is 504 g/mol. The number of fused-ring (bicyclic) bond motifs is 2. The van der Waals surface area contributed by atoms with E-state index in [0.717, 1.165) is 24.3 Å². The van der Waals surface area contributed by atoms with Gasteiger partial charge in [0.05, 0.1) is 37.5 Å². The Labute approximate surface area is 217 Å². The number of ether oxygens (including phenoxy) is 3. The molecule has 0 radical (unpaired) electrons. The monoisotopic (exact) mass is 503 g/mol. The number of nitrogens with one attached hydrogen (secondary N) is 2. The van der Waals surface area contributed by atoms with E-state index in [1.807, 2.05) is 72.8 Å². The van der Waals surface area contributed by atoms with Crippen molar-refractivity contribution in [3.63, 3.8) is 0 Å². The van der Waals surface area contributed by atoms with Crippen LogP contribution in [-0.2, 0) is 30.2 Å². The number of benzene rings is 2. The van der Waals surface area contributed by atoms with Crippen LogP contribution in [0.4, 0.5) is 5.69 Å². The number of hydrogen-bond acceptors (Lipinski definition) is 7. The van der Waals surface area contributed by atoms with E-state index >= 15 is 0 Å². The van der Waals surface area contributed by atoms with Crippen LogP contribution in [-0.4, -0.2) is 81.0 Å². The van der Waals surface area contributed by atoms with Crippen LogP contribution in [0, 0.1) is 0 Å². The molecule has 1 saturated heterocycles. The van der Waals surface area contributed by atoms with Gasteiger partial charge < -0.3 is 24.8 Å². The summed E-state index contributed by atoms with van der Waals surface area (Å²) in [5.74, 6) is -0.860. The summed E-state index contributed by atoms with van der Waals surface area (Å²) < 4.78 is 17.1. The Balaban J connectivity index is 1.44. The third-order valence-electron chi connectivity index (χ3n) is 7.15. The maximum atomic E-state index is 13.4. The van der Waals surface area contributed by atoms with E-state index in [0.29, 0.717) is 38.3 Å². The maximum absolute atomic E-state index is 13.4. The Morgan fingerprint density at radius 2 is 1.78 bits per heavy atom. The molecule has 8 nitrogen and oxygen atoms in total. The van der Waals surface area contributed by atoms with Gasteiger partial charge in [-0.3, -0.25) is 9.69 Å². The van der Waals surface area contributed by atoms with Gasteiger partial charge in [0.15, 0.2) is 0 Å². The van der Waals surface area contributed by atoms with Crippen LogP contribution in [0.3, 0.4) is 0 Å². The first-order valence-electron chi connectivity index (χ1n) is 12.7. The Bertz CT molecular complexity index is 1120. The van der Waals surface area contributed by atoms with Crippen molar-refractivity contribution in [2.24, 2.45) is 0 Å². The first-order valence-corrected chi connectivity index (χ1v) is 12.7. The summed E-state index contributed by atoms with van der Waals surface area (Å²) in [5.41, 5.74) is 1.41. The zero-order valence-corrected chi connectivity index (χ0v) is 21.0. The van der Waals surface area contributed by atoms with Gasteiger partial charge in [0.1, 0.15) is 11.7 Å². The lowest BCUT2D eigenvalue weighted by Gasteiger charge is -2.36. The molecule has 8 heteroatoms. The van der Waals surface area contributed by atoms with Crippen LogP contribution < -0.4 is 10.6 Å². The Morgan fingerprint density at radius 1 is 1.08 bits per heavy atom. The standard InChI is InChI=1S/C29H33N3O5/c1-35-28(34)26-25(27(33)30-14-15-32-16-18-36-19-17-32)23-12-13-29(26,37-23)24(20-21-8-4-2-5-9-21)31-22-10-6-3-7-11-22/h2-13,23-24,31H,14-20H2,1H3,(H,30,33). The first-order chi connectivity index (χ1) is 18.1. The number of carbonyl (C=O) groups excluding carboxylic acids is 2. The predicted molar refractivity (Wildman–Crippen MR) is 140 cm³/mol. The minimum Gasteiger partial charge on any atom is -0.466 e. The fourth-order valence-corrected chi connectivity index (χ4v) is 5.30. The molecule has 0 aromatic heterocycles. The molecule has 2 aromatic rings. The van der Waals surface area contributed by atoms with E-state index in [9.17, 15) is 9.59 Å². The summed E-state index contributed by atoms with van der Waals surface area (Å²) in [6.07, 6.45) is 3.72. The van der Waals surface area contributed by atoms with Crippen LogP contribution in [0.2, 0.25) is 0 Å². The molecule has 3 unspecified atom stereocenters. The molecule has 2 bridgehead atoms. The zero-order chi connectivity index (χ0) is 25.7. The van der Waals surface area contributed by atoms with Gasteiger partial charge in [-0.25, -0.2) is 4.79 Å². The number of anilines is 1. The van der Waals surface area contributed by atoms with Crippen molar-refractivity contribution in [2.45, 2.75) is 24.2 Å². The molecule has 1 amide bonds. The van der Waals surface area contributed by atoms with Gasteiger partial charge in [-0.15, -0.1) is 0 Å². The molecule has 3 heterocycles. The molecule has 0 spiro atoms. The topological polar surface area (TPSA) is 89.1 Å². The van der Waals surface area contributed by atoms with E-state index < -0.39 is 17.7 Å². The Hall–Kier alpha value is -3.46. The highest BCUT2D eigenvalue weighted by Crippen LogP contribution is 2.47. The number of esters is 1. The molecule has 0 saturated carbocycles. The van der Waals surface area contributed by atoms with E-state index in [1.165, 1.54) is 7.11 Å². The van der Waals surface area contributed by atoms with Crippen molar-refractivity contribution in [1.82, 2.24) is 10.2 Å². The molecule has 2 aromatic carbocycles. The second-order valence-electron chi connectivity index (χ2n) is 9.43. The molecular weight excluding hydrogens is 470 g/mol. The normalized spacial score (nSPS) is 23.6. The van der Waals surface area contributed by atoms with Gasteiger partial charge in [0.25, 0.3) is 5.91 Å². The number of methoxy groups -OCH3 is 1. The van der Waals surface area contributed by atoms with Crippen molar-refractivity contribution in [1.29, 1.82) is 0 Å². The number of hydrogen-bond donors (Lipinski definition) is 2. The van der Waals surface area contributed by atoms with Gasteiger partial charge in [0, 0.05) is 31.9 Å². The minimum absolute atomic E-state index is 0.260. The van der Waals surface area contributed by atoms with E-state index in [-0.39, 0.29) is 17.5 Å². The second-order valence-corrected chi connectivity index (χ2v) is 9.43. The summed E-state index contributed by atoms with van der Waals surface area (Å²) >= 11 is 0. The number of nitrogens with zero attached hydrogens (tertiary/aromatic N) is 1. The van der Waals surface area contributed by atoms with Gasteiger partial charge in [0.2, 0.25) is 0 Å². The molecular formula is C29H33N3O5. The van der Waals surface area contributed by atoms with Crippen LogP contribution in [0.1, 0.15) is 5.56 Å². The molecule has 3 atom stereocenters. The van der Waals surface area contributed by atoms with Gasteiger partial charge in [-0.05, 0) is 30.2 Å². The second kappa shape index (κ2) is 11.3. The van der Waals surface area contributed by atoms with Gasteiger partial charge >= 0.3 is 5.97 Å². The Morgan fingerprint density at radius 3 is 2.49 bits per heavy atom. The summed E-state index contributed by atoms with van der Waals surface area (Å²) in [5, 5.41) is 6.57. The van der Waals surface area contributed by atoms with Crippen molar-refractivity contribution < 1.29 is 23.8 Å². The average Bonchev–Trinajstić information content (AvgIpc) is 3.52. The summed E-state index contributed by atoms with van der Waals surface area (Å²) in [7, 11) is 1.34. The molecule has 3 aliphatic rings. The van der Waals surface area contributed by atoms with E-state index in [4.69, 9.17) is 14.2 Å². The van der Waals surface area contributed by atoms with Crippen LogP contribution in [0.15, 0.2) is 84.0 Å². The largest absolute Gasteiger partial charge is 0.466 e.